The number of rotatable bonds is 2. The minimum atomic E-state index is -0.204. The molecule has 24 heavy (non-hydrogen) atoms. The molecule has 3 atom stereocenters. The van der Waals surface area contributed by atoms with E-state index in [0.29, 0.717) is 12.8 Å². The van der Waals surface area contributed by atoms with Gasteiger partial charge in [-0.05, 0) is 35.3 Å². The van der Waals surface area contributed by atoms with Crippen LogP contribution in [0.1, 0.15) is 36.0 Å². The van der Waals surface area contributed by atoms with Crippen LogP contribution in [0.25, 0.3) is 0 Å². The molecule has 2 aromatic carbocycles. The largest absolute Gasteiger partial charge is 0.508 e. The Bertz CT molecular complexity index is 800. The summed E-state index contributed by atoms with van der Waals surface area (Å²) in [5.41, 5.74) is 2.89. The van der Waals surface area contributed by atoms with E-state index in [0.717, 1.165) is 29.6 Å². The van der Waals surface area contributed by atoms with Crippen molar-refractivity contribution in [1.82, 2.24) is 0 Å². The maximum atomic E-state index is 12.1. The fraction of sp³-hybridized carbons (Fsp3) is 0.316. The van der Waals surface area contributed by atoms with Crippen LogP contribution in [0.15, 0.2) is 36.4 Å². The number of phenolic OH excluding ortho intramolecular Hbond substituents is 2. The summed E-state index contributed by atoms with van der Waals surface area (Å²) in [6, 6.07) is 10.5. The highest BCUT2D eigenvalue weighted by Gasteiger charge is 2.45. The molecular formula is C19H19BO4. The Morgan fingerprint density at radius 1 is 1.08 bits per heavy atom. The lowest BCUT2D eigenvalue weighted by Gasteiger charge is -2.37. The van der Waals surface area contributed by atoms with Crippen LogP contribution in [0.2, 0.25) is 6.82 Å². The summed E-state index contributed by atoms with van der Waals surface area (Å²) >= 11 is 0. The van der Waals surface area contributed by atoms with Crippen LogP contribution in [-0.4, -0.2) is 23.3 Å². The fourth-order valence-electron chi connectivity index (χ4n) is 4.12. The van der Waals surface area contributed by atoms with Gasteiger partial charge in [0, 0.05) is 30.2 Å². The Kier molecular flexibility index (Phi) is 3.52. The predicted octanol–water partition coefficient (Wildman–Crippen LogP) is 2.40. The molecule has 0 spiro atoms. The van der Waals surface area contributed by atoms with Gasteiger partial charge < -0.3 is 14.9 Å². The van der Waals surface area contributed by atoms with Crippen molar-refractivity contribution in [3.8, 4) is 17.2 Å². The second-order valence-corrected chi connectivity index (χ2v) is 6.72. The van der Waals surface area contributed by atoms with Crippen LogP contribution < -0.4 is 10.2 Å². The van der Waals surface area contributed by atoms with Crippen molar-refractivity contribution < 1.29 is 19.7 Å². The molecule has 5 heteroatoms. The third kappa shape index (κ3) is 2.35. The number of carbonyl (C=O) groups is 1. The Balaban J connectivity index is 1.84. The van der Waals surface area contributed by atoms with Crippen LogP contribution in [0.5, 0.6) is 17.2 Å². The first-order valence-electron chi connectivity index (χ1n) is 8.40. The molecule has 0 amide bonds. The molecular weight excluding hydrogens is 303 g/mol. The van der Waals surface area contributed by atoms with Crippen LogP contribution in [-0.2, 0) is 4.79 Å². The summed E-state index contributed by atoms with van der Waals surface area (Å²) in [7, 11) is 0.754. The van der Waals surface area contributed by atoms with Crippen molar-refractivity contribution in [2.75, 3.05) is 0 Å². The highest BCUT2D eigenvalue weighted by Crippen LogP contribution is 2.52. The van der Waals surface area contributed by atoms with Gasteiger partial charge in [0.2, 0.25) is 0 Å². The van der Waals surface area contributed by atoms with Crippen LogP contribution in [0, 0.1) is 5.92 Å². The molecule has 1 aliphatic carbocycles. The van der Waals surface area contributed by atoms with Crippen molar-refractivity contribution >= 4 is 18.5 Å². The van der Waals surface area contributed by atoms with Gasteiger partial charge >= 0.3 is 0 Å². The molecule has 1 aliphatic heterocycles. The molecule has 0 unspecified atom stereocenters. The lowest BCUT2D eigenvalue weighted by molar-refractivity contribution is -0.117. The summed E-state index contributed by atoms with van der Waals surface area (Å²) in [5.74, 6) is 1.65. The molecule has 4 nitrogen and oxygen atoms in total. The summed E-state index contributed by atoms with van der Waals surface area (Å²) < 4.78 is 6.35. The summed E-state index contributed by atoms with van der Waals surface area (Å²) in [6.45, 7) is 2.03. The van der Waals surface area contributed by atoms with E-state index in [9.17, 15) is 15.0 Å². The minimum Gasteiger partial charge on any atom is -0.508 e. The number of ketones is 1. The molecule has 0 bridgehead atoms. The van der Waals surface area contributed by atoms with Gasteiger partial charge in [0.25, 0.3) is 0 Å². The zero-order chi connectivity index (χ0) is 16.8. The Morgan fingerprint density at radius 3 is 2.54 bits per heavy atom. The van der Waals surface area contributed by atoms with E-state index in [-0.39, 0.29) is 35.2 Å². The third-order valence-electron chi connectivity index (χ3n) is 5.24. The average Bonchev–Trinajstić information content (AvgIpc) is 2.96. The second kappa shape index (κ2) is 5.58. The number of ether oxygens (including phenoxy) is 1. The monoisotopic (exact) mass is 322 g/mol. The lowest BCUT2D eigenvalue weighted by atomic mass is 9.69. The number of hydrogen-bond donors (Lipinski definition) is 2. The van der Waals surface area contributed by atoms with E-state index in [4.69, 9.17) is 4.74 Å². The molecule has 0 radical (unpaired) electrons. The summed E-state index contributed by atoms with van der Waals surface area (Å²) in [4.78, 5) is 12.1. The van der Waals surface area contributed by atoms with Crippen molar-refractivity contribution in [3.63, 3.8) is 0 Å². The van der Waals surface area contributed by atoms with Crippen LogP contribution in [0.4, 0.5) is 0 Å². The topological polar surface area (TPSA) is 66.8 Å². The van der Waals surface area contributed by atoms with Crippen molar-refractivity contribution in [1.29, 1.82) is 0 Å². The highest BCUT2D eigenvalue weighted by atomic mass is 16.5. The van der Waals surface area contributed by atoms with Crippen LogP contribution in [0.3, 0.4) is 0 Å². The number of hydrogen-bond acceptors (Lipinski definition) is 4. The standard InChI is InChI=1S/C19H19BO4/c1-20-17-9-13(23)8-16-14-6-12(22)7-15(14)18(24-19(16)17)10-2-4-11(21)5-3-10/h2-5,8-9,14-15,18,20-21,23H,6-7H2,1H3/t14-,15+,18+/m0/s1. The first kappa shape index (κ1) is 15.1. The van der Waals surface area contributed by atoms with Gasteiger partial charge in [0.1, 0.15) is 29.1 Å². The number of Topliss-reactive ketones (excluding diaryl/α,β-unsaturated/α-hetero) is 1. The second-order valence-electron chi connectivity index (χ2n) is 6.72. The van der Waals surface area contributed by atoms with Gasteiger partial charge in [-0.15, -0.1) is 0 Å². The van der Waals surface area contributed by atoms with Gasteiger partial charge in [-0.1, -0.05) is 19.0 Å². The molecule has 2 aromatic rings. The van der Waals surface area contributed by atoms with Gasteiger partial charge in [0.15, 0.2) is 7.28 Å². The number of aromatic hydroxyl groups is 2. The first-order valence-corrected chi connectivity index (χ1v) is 8.40. The zero-order valence-electron chi connectivity index (χ0n) is 13.5. The molecule has 1 saturated carbocycles. The quantitative estimate of drug-likeness (QED) is 0.833. The molecule has 122 valence electrons. The Morgan fingerprint density at radius 2 is 1.83 bits per heavy atom. The zero-order valence-corrected chi connectivity index (χ0v) is 13.5. The van der Waals surface area contributed by atoms with Crippen molar-refractivity contribution in [3.05, 3.63) is 47.5 Å². The van der Waals surface area contributed by atoms with Crippen LogP contribution >= 0.6 is 0 Å². The van der Waals surface area contributed by atoms with E-state index < -0.39 is 0 Å². The van der Waals surface area contributed by atoms with E-state index in [1.54, 1.807) is 24.3 Å². The van der Waals surface area contributed by atoms with E-state index in [1.807, 2.05) is 19.0 Å². The highest BCUT2D eigenvalue weighted by molar-refractivity contribution is 6.53. The van der Waals surface area contributed by atoms with Crippen molar-refractivity contribution in [2.24, 2.45) is 5.92 Å². The maximum Gasteiger partial charge on any atom is 0.159 e. The van der Waals surface area contributed by atoms with E-state index in [1.165, 1.54) is 0 Å². The average molecular weight is 322 g/mol. The smallest absolute Gasteiger partial charge is 0.159 e. The van der Waals surface area contributed by atoms with Gasteiger partial charge in [-0.3, -0.25) is 4.79 Å². The Hall–Kier alpha value is -2.43. The normalized spacial score (nSPS) is 24.9. The number of phenols is 2. The lowest BCUT2D eigenvalue weighted by Crippen LogP contribution is -2.31. The predicted molar refractivity (Wildman–Crippen MR) is 92.7 cm³/mol. The summed E-state index contributed by atoms with van der Waals surface area (Å²) in [5, 5.41) is 19.6. The molecule has 0 saturated heterocycles. The molecule has 0 aromatic heterocycles. The van der Waals surface area contributed by atoms with E-state index >= 15 is 0 Å². The number of fused-ring (bicyclic) bond motifs is 3. The molecule has 2 N–H and O–H groups in total. The summed E-state index contributed by atoms with van der Waals surface area (Å²) in [6.07, 6.45) is 0.791. The Labute approximate surface area is 141 Å². The van der Waals surface area contributed by atoms with E-state index in [2.05, 4.69) is 0 Å². The molecule has 2 aliphatic rings. The number of benzene rings is 2. The van der Waals surface area contributed by atoms with Crippen molar-refractivity contribution in [2.45, 2.75) is 31.7 Å². The minimum absolute atomic E-state index is 0.0704. The molecule has 4 rings (SSSR count). The number of carbonyl (C=O) groups excluding carboxylic acids is 1. The van der Waals surface area contributed by atoms with Gasteiger partial charge in [-0.2, -0.15) is 0 Å². The maximum absolute atomic E-state index is 12.1. The SMILES string of the molecule is CBc1cc(O)cc2c1O[C@H](c1ccc(O)cc1)[C@@H]1CC(=O)C[C@H]21. The third-order valence-corrected chi connectivity index (χ3v) is 5.24. The van der Waals surface area contributed by atoms with Gasteiger partial charge in [0.05, 0.1) is 0 Å². The van der Waals surface area contributed by atoms with Gasteiger partial charge in [-0.25, -0.2) is 0 Å². The fourth-order valence-corrected chi connectivity index (χ4v) is 4.12. The first-order chi connectivity index (χ1) is 11.6. The molecule has 1 heterocycles. The molecule has 1 fully saturated rings.